The van der Waals surface area contributed by atoms with Crippen LogP contribution < -0.4 is 5.32 Å². The number of carbonyl (C=O) groups is 1. The van der Waals surface area contributed by atoms with Crippen molar-refractivity contribution in [1.29, 1.82) is 0 Å². The largest absolute Gasteiger partial charge is 0.340 e. The number of nitrogens with one attached hydrogen (secondary N) is 2. The van der Waals surface area contributed by atoms with Crippen LogP contribution in [0, 0.1) is 6.92 Å². The normalized spacial score (nSPS) is 17.2. The molecule has 0 radical (unpaired) electrons. The van der Waals surface area contributed by atoms with Crippen molar-refractivity contribution in [2.24, 2.45) is 0 Å². The van der Waals surface area contributed by atoms with Crippen LogP contribution in [-0.2, 0) is 5.54 Å². The Morgan fingerprint density at radius 1 is 1.56 bits per heavy atom. The number of aryl methyl sites for hydroxylation is 1. The van der Waals surface area contributed by atoms with Gasteiger partial charge in [0.25, 0.3) is 5.91 Å². The number of carbonyl (C=O) groups excluding carboxylic acids is 1. The number of aromatic amines is 1. The highest BCUT2D eigenvalue weighted by Crippen LogP contribution is 2.39. The molecule has 0 bridgehead atoms. The van der Waals surface area contributed by atoms with Crippen molar-refractivity contribution in [3.8, 4) is 0 Å². The van der Waals surface area contributed by atoms with Crippen LogP contribution in [0.1, 0.15) is 41.5 Å². The monoisotopic (exact) mass is 247 g/mol. The van der Waals surface area contributed by atoms with Gasteiger partial charge in [-0.3, -0.25) is 9.89 Å². The fraction of sp³-hybridized carbons (Fsp3) is 0.455. The van der Waals surface area contributed by atoms with Crippen molar-refractivity contribution in [3.05, 3.63) is 29.7 Å². The maximum atomic E-state index is 12.0. The summed E-state index contributed by atoms with van der Waals surface area (Å²) in [5.74, 6) is 0.862. The zero-order chi connectivity index (χ0) is 12.6. The van der Waals surface area contributed by atoms with Gasteiger partial charge in [-0.05, 0) is 25.3 Å². The molecule has 0 spiro atoms. The molecule has 2 N–H and O–H groups in total. The Morgan fingerprint density at radius 2 is 2.39 bits per heavy atom. The summed E-state index contributed by atoms with van der Waals surface area (Å²) in [6, 6.07) is 1.63. The van der Waals surface area contributed by atoms with Gasteiger partial charge in [-0.15, -0.1) is 0 Å². The molecule has 1 aliphatic rings. The molecule has 94 valence electrons. The van der Waals surface area contributed by atoms with Crippen molar-refractivity contribution in [2.45, 2.75) is 31.7 Å². The zero-order valence-electron chi connectivity index (χ0n) is 9.93. The van der Waals surface area contributed by atoms with Gasteiger partial charge >= 0.3 is 0 Å². The molecule has 18 heavy (non-hydrogen) atoms. The van der Waals surface area contributed by atoms with Crippen LogP contribution in [-0.4, -0.2) is 26.2 Å². The number of amides is 1. The second-order valence-electron chi connectivity index (χ2n) is 4.50. The molecule has 2 aromatic heterocycles. The number of hydrogen-bond donors (Lipinski definition) is 2. The highest BCUT2D eigenvalue weighted by atomic mass is 16.5. The Kier molecular flexibility index (Phi) is 2.39. The van der Waals surface area contributed by atoms with Crippen LogP contribution in [0.25, 0.3) is 0 Å². The van der Waals surface area contributed by atoms with Gasteiger partial charge in [0.15, 0.2) is 5.82 Å². The van der Waals surface area contributed by atoms with E-state index in [0.29, 0.717) is 17.4 Å². The molecule has 0 unspecified atom stereocenters. The SMILES string of the molecule is Cc1nc(C2(NC(=O)c3ccn[nH]3)CCC2)no1. The highest BCUT2D eigenvalue weighted by molar-refractivity contribution is 5.92. The van der Waals surface area contributed by atoms with Crippen molar-refractivity contribution in [2.75, 3.05) is 0 Å². The molecule has 1 fully saturated rings. The summed E-state index contributed by atoms with van der Waals surface area (Å²) in [5, 5.41) is 13.3. The van der Waals surface area contributed by atoms with E-state index in [1.165, 1.54) is 0 Å². The minimum Gasteiger partial charge on any atom is -0.340 e. The third-order valence-corrected chi connectivity index (χ3v) is 3.26. The first-order valence-electron chi connectivity index (χ1n) is 5.82. The molecule has 0 atom stereocenters. The summed E-state index contributed by atoms with van der Waals surface area (Å²) in [6.07, 6.45) is 4.23. The fourth-order valence-corrected chi connectivity index (χ4v) is 2.10. The van der Waals surface area contributed by atoms with Crippen LogP contribution in [0.2, 0.25) is 0 Å². The average Bonchev–Trinajstić information content (AvgIpc) is 2.93. The van der Waals surface area contributed by atoms with E-state index in [9.17, 15) is 4.79 Å². The maximum Gasteiger partial charge on any atom is 0.270 e. The van der Waals surface area contributed by atoms with Gasteiger partial charge < -0.3 is 9.84 Å². The van der Waals surface area contributed by atoms with Gasteiger partial charge in [-0.2, -0.15) is 10.1 Å². The maximum absolute atomic E-state index is 12.0. The smallest absolute Gasteiger partial charge is 0.270 e. The van der Waals surface area contributed by atoms with Gasteiger partial charge in [-0.25, -0.2) is 0 Å². The van der Waals surface area contributed by atoms with Crippen LogP contribution >= 0.6 is 0 Å². The van der Waals surface area contributed by atoms with E-state index in [1.54, 1.807) is 19.2 Å². The third kappa shape index (κ3) is 1.68. The van der Waals surface area contributed by atoms with E-state index in [1.807, 2.05) is 0 Å². The minimum absolute atomic E-state index is 0.199. The lowest BCUT2D eigenvalue weighted by Gasteiger charge is -2.39. The Labute approximate surface area is 103 Å². The molecule has 2 aromatic rings. The fourth-order valence-electron chi connectivity index (χ4n) is 2.10. The van der Waals surface area contributed by atoms with Crippen molar-refractivity contribution in [1.82, 2.24) is 25.7 Å². The zero-order valence-corrected chi connectivity index (χ0v) is 9.93. The predicted molar refractivity (Wildman–Crippen MR) is 60.6 cm³/mol. The molecule has 1 aliphatic carbocycles. The lowest BCUT2D eigenvalue weighted by atomic mass is 9.76. The Balaban J connectivity index is 1.83. The summed E-state index contributed by atoms with van der Waals surface area (Å²) in [5.41, 5.74) is -0.0542. The van der Waals surface area contributed by atoms with Crippen LogP contribution in [0.4, 0.5) is 0 Å². The molecule has 0 aliphatic heterocycles. The minimum atomic E-state index is -0.486. The number of rotatable bonds is 3. The lowest BCUT2D eigenvalue weighted by molar-refractivity contribution is 0.0799. The summed E-state index contributed by atoms with van der Waals surface area (Å²) < 4.78 is 4.99. The second kappa shape index (κ2) is 3.94. The van der Waals surface area contributed by atoms with Gasteiger partial charge in [0.2, 0.25) is 5.89 Å². The molecule has 2 heterocycles. The lowest BCUT2D eigenvalue weighted by Crippen LogP contribution is -2.51. The third-order valence-electron chi connectivity index (χ3n) is 3.26. The standard InChI is InChI=1S/C11H13N5O2/c1-7-13-10(16-18-7)11(4-2-5-11)14-9(17)8-3-6-12-15-8/h3,6H,2,4-5H2,1H3,(H,12,15)(H,14,17). The van der Waals surface area contributed by atoms with E-state index in [2.05, 4.69) is 25.7 Å². The first-order chi connectivity index (χ1) is 8.70. The molecule has 7 nitrogen and oxygen atoms in total. The van der Waals surface area contributed by atoms with E-state index >= 15 is 0 Å². The second-order valence-corrected chi connectivity index (χ2v) is 4.50. The summed E-state index contributed by atoms with van der Waals surface area (Å²) in [6.45, 7) is 1.74. The van der Waals surface area contributed by atoms with Crippen molar-refractivity contribution < 1.29 is 9.32 Å². The Hall–Kier alpha value is -2.18. The molecule has 3 rings (SSSR count). The number of aromatic nitrogens is 4. The first kappa shape index (κ1) is 10.9. The molecule has 1 amide bonds. The Bertz CT molecular complexity index is 556. The average molecular weight is 247 g/mol. The van der Waals surface area contributed by atoms with Crippen molar-refractivity contribution >= 4 is 5.91 Å². The Morgan fingerprint density at radius 3 is 2.89 bits per heavy atom. The van der Waals surface area contributed by atoms with E-state index < -0.39 is 5.54 Å². The summed E-state index contributed by atoms with van der Waals surface area (Å²) in [7, 11) is 0. The molecular formula is C11H13N5O2. The number of H-pyrrole nitrogens is 1. The van der Waals surface area contributed by atoms with Crippen LogP contribution in [0.15, 0.2) is 16.8 Å². The van der Waals surface area contributed by atoms with E-state index in [-0.39, 0.29) is 5.91 Å². The first-order valence-corrected chi connectivity index (χ1v) is 5.82. The quantitative estimate of drug-likeness (QED) is 0.840. The molecular weight excluding hydrogens is 234 g/mol. The van der Waals surface area contributed by atoms with Crippen LogP contribution in [0.3, 0.4) is 0 Å². The van der Waals surface area contributed by atoms with Gasteiger partial charge in [0.05, 0.1) is 0 Å². The van der Waals surface area contributed by atoms with Gasteiger partial charge in [0.1, 0.15) is 11.2 Å². The molecule has 1 saturated carbocycles. The number of hydrogen-bond acceptors (Lipinski definition) is 5. The van der Waals surface area contributed by atoms with Crippen LogP contribution in [0.5, 0.6) is 0 Å². The van der Waals surface area contributed by atoms with Gasteiger partial charge in [-0.1, -0.05) is 5.16 Å². The topological polar surface area (TPSA) is 96.7 Å². The molecule has 7 heteroatoms. The van der Waals surface area contributed by atoms with Gasteiger partial charge in [0, 0.05) is 13.1 Å². The van der Waals surface area contributed by atoms with Crippen molar-refractivity contribution in [3.63, 3.8) is 0 Å². The summed E-state index contributed by atoms with van der Waals surface area (Å²) >= 11 is 0. The highest BCUT2D eigenvalue weighted by Gasteiger charge is 2.44. The molecule has 0 saturated heterocycles. The number of nitrogens with zero attached hydrogens (tertiary/aromatic N) is 3. The summed E-state index contributed by atoms with van der Waals surface area (Å²) in [4.78, 5) is 16.2. The van der Waals surface area contributed by atoms with E-state index in [0.717, 1.165) is 19.3 Å². The predicted octanol–water partition coefficient (Wildman–Crippen LogP) is 0.910. The molecule has 0 aromatic carbocycles. The van der Waals surface area contributed by atoms with E-state index in [4.69, 9.17) is 4.52 Å².